The molecule has 1 saturated heterocycles. The number of benzene rings is 1. The second-order valence-corrected chi connectivity index (χ2v) is 6.91. The molecule has 1 heterocycles. The first-order valence-electron chi connectivity index (χ1n) is 5.32. The van der Waals surface area contributed by atoms with E-state index >= 15 is 0 Å². The fourth-order valence-corrected chi connectivity index (χ4v) is 3.86. The van der Waals surface area contributed by atoms with Crippen LogP contribution in [-0.4, -0.2) is 43.6 Å². The first-order valence-corrected chi connectivity index (χ1v) is 7.14. The molecular formula is C11H14ClNO4S. The van der Waals surface area contributed by atoms with E-state index in [9.17, 15) is 13.5 Å². The number of nitrogens with zero attached hydrogens (tertiary/aromatic N) is 1. The summed E-state index contributed by atoms with van der Waals surface area (Å²) in [6, 6.07) is 4.29. The van der Waals surface area contributed by atoms with Crippen LogP contribution < -0.4 is 4.74 Å². The summed E-state index contributed by atoms with van der Waals surface area (Å²) in [5.74, 6) is 0.422. The molecule has 0 aliphatic carbocycles. The van der Waals surface area contributed by atoms with Crippen molar-refractivity contribution in [3.05, 3.63) is 23.2 Å². The van der Waals surface area contributed by atoms with E-state index in [4.69, 9.17) is 16.3 Å². The Morgan fingerprint density at radius 1 is 1.44 bits per heavy atom. The molecule has 1 fully saturated rings. The van der Waals surface area contributed by atoms with Crippen molar-refractivity contribution in [2.75, 3.05) is 20.2 Å². The van der Waals surface area contributed by atoms with E-state index < -0.39 is 15.6 Å². The van der Waals surface area contributed by atoms with Gasteiger partial charge in [0.05, 0.1) is 22.6 Å². The number of β-amino-alcohol motifs (C(OH)–C–C–N with tert-alkyl or cyclic N) is 1. The van der Waals surface area contributed by atoms with Gasteiger partial charge in [-0.25, -0.2) is 8.42 Å². The van der Waals surface area contributed by atoms with E-state index in [0.29, 0.717) is 5.75 Å². The van der Waals surface area contributed by atoms with Crippen molar-refractivity contribution in [1.29, 1.82) is 0 Å². The standard InChI is InChI=1S/C11H14ClNO4S/c1-11(14)6-13(7-11)18(15,16)8-3-4-10(17-2)9(12)5-8/h3-5,14H,6-7H2,1-2H3. The summed E-state index contributed by atoms with van der Waals surface area (Å²) >= 11 is 5.90. The van der Waals surface area contributed by atoms with Crippen LogP contribution in [-0.2, 0) is 10.0 Å². The lowest BCUT2D eigenvalue weighted by atomic mass is 10.0. The quantitative estimate of drug-likeness (QED) is 0.906. The Bertz CT molecular complexity index is 562. The van der Waals surface area contributed by atoms with Crippen LogP contribution in [0, 0.1) is 0 Å². The molecule has 2 rings (SSSR count). The van der Waals surface area contributed by atoms with Gasteiger partial charge in [0.25, 0.3) is 0 Å². The molecule has 5 nitrogen and oxygen atoms in total. The molecule has 0 aromatic heterocycles. The summed E-state index contributed by atoms with van der Waals surface area (Å²) in [5.41, 5.74) is -0.941. The first-order chi connectivity index (χ1) is 8.26. The fraction of sp³-hybridized carbons (Fsp3) is 0.455. The van der Waals surface area contributed by atoms with E-state index in [2.05, 4.69) is 0 Å². The van der Waals surface area contributed by atoms with Crippen LogP contribution in [0.2, 0.25) is 5.02 Å². The minimum Gasteiger partial charge on any atom is -0.495 e. The predicted molar refractivity (Wildman–Crippen MR) is 67.4 cm³/mol. The maximum atomic E-state index is 12.2. The topological polar surface area (TPSA) is 66.8 Å². The van der Waals surface area contributed by atoms with Crippen molar-refractivity contribution in [2.24, 2.45) is 0 Å². The molecule has 1 N–H and O–H groups in total. The van der Waals surface area contributed by atoms with Crippen LogP contribution in [0.4, 0.5) is 0 Å². The highest BCUT2D eigenvalue weighted by molar-refractivity contribution is 7.89. The fourth-order valence-electron chi connectivity index (χ4n) is 1.84. The van der Waals surface area contributed by atoms with Gasteiger partial charge in [-0.3, -0.25) is 0 Å². The molecule has 18 heavy (non-hydrogen) atoms. The van der Waals surface area contributed by atoms with Gasteiger partial charge in [-0.05, 0) is 25.1 Å². The lowest BCUT2D eigenvalue weighted by Gasteiger charge is -2.42. The summed E-state index contributed by atoms with van der Waals surface area (Å²) < 4.78 is 30.5. The third-order valence-electron chi connectivity index (χ3n) is 2.79. The summed E-state index contributed by atoms with van der Waals surface area (Å²) in [4.78, 5) is 0.101. The number of rotatable bonds is 3. The molecule has 0 radical (unpaired) electrons. The van der Waals surface area contributed by atoms with Crippen LogP contribution in [0.15, 0.2) is 23.1 Å². The number of methoxy groups -OCH3 is 1. The van der Waals surface area contributed by atoms with Crippen LogP contribution in [0.5, 0.6) is 5.75 Å². The Labute approximate surface area is 111 Å². The Balaban J connectivity index is 2.29. The van der Waals surface area contributed by atoms with Crippen molar-refractivity contribution in [3.63, 3.8) is 0 Å². The molecule has 100 valence electrons. The van der Waals surface area contributed by atoms with Crippen molar-refractivity contribution in [2.45, 2.75) is 17.4 Å². The molecule has 0 atom stereocenters. The van der Waals surface area contributed by atoms with Crippen LogP contribution in [0.3, 0.4) is 0 Å². The number of hydrogen-bond acceptors (Lipinski definition) is 4. The molecule has 1 aliphatic rings. The monoisotopic (exact) mass is 291 g/mol. The van der Waals surface area contributed by atoms with Gasteiger partial charge >= 0.3 is 0 Å². The summed E-state index contributed by atoms with van der Waals surface area (Å²) in [5, 5.41) is 9.82. The van der Waals surface area contributed by atoms with Crippen molar-refractivity contribution < 1.29 is 18.3 Å². The van der Waals surface area contributed by atoms with E-state index in [-0.39, 0.29) is 23.0 Å². The number of aliphatic hydroxyl groups is 1. The highest BCUT2D eigenvalue weighted by Crippen LogP contribution is 2.31. The average molecular weight is 292 g/mol. The molecule has 0 spiro atoms. The summed E-state index contributed by atoms with van der Waals surface area (Å²) in [6.45, 7) is 1.79. The Morgan fingerprint density at radius 2 is 2.06 bits per heavy atom. The van der Waals surface area contributed by atoms with E-state index in [1.807, 2.05) is 0 Å². The maximum Gasteiger partial charge on any atom is 0.243 e. The van der Waals surface area contributed by atoms with Crippen LogP contribution in [0.25, 0.3) is 0 Å². The van der Waals surface area contributed by atoms with Crippen molar-refractivity contribution in [1.82, 2.24) is 4.31 Å². The van der Waals surface area contributed by atoms with Gasteiger partial charge in [-0.1, -0.05) is 11.6 Å². The minimum atomic E-state index is -3.59. The summed E-state index contributed by atoms with van der Waals surface area (Å²) in [6.07, 6.45) is 0. The zero-order valence-corrected chi connectivity index (χ0v) is 11.6. The van der Waals surface area contributed by atoms with Gasteiger partial charge < -0.3 is 9.84 Å². The molecule has 1 aliphatic heterocycles. The second-order valence-electron chi connectivity index (χ2n) is 4.57. The number of halogens is 1. The number of ether oxygens (including phenoxy) is 1. The zero-order valence-electron chi connectivity index (χ0n) is 10.1. The van der Waals surface area contributed by atoms with E-state index in [0.717, 1.165) is 0 Å². The molecule has 1 aromatic carbocycles. The SMILES string of the molecule is COc1ccc(S(=O)(=O)N2CC(C)(O)C2)cc1Cl. The third-order valence-corrected chi connectivity index (χ3v) is 4.88. The zero-order chi connectivity index (χ0) is 13.6. The van der Waals surface area contributed by atoms with Crippen molar-refractivity contribution >= 4 is 21.6 Å². The van der Waals surface area contributed by atoms with Crippen LogP contribution >= 0.6 is 11.6 Å². The van der Waals surface area contributed by atoms with Gasteiger partial charge in [-0.2, -0.15) is 4.31 Å². The molecule has 0 unspecified atom stereocenters. The van der Waals surface area contributed by atoms with Crippen LogP contribution in [0.1, 0.15) is 6.92 Å². The molecular weight excluding hydrogens is 278 g/mol. The van der Waals surface area contributed by atoms with Gasteiger partial charge in [0.1, 0.15) is 5.75 Å². The lowest BCUT2D eigenvalue weighted by molar-refractivity contribution is -0.0426. The molecule has 0 bridgehead atoms. The third kappa shape index (κ3) is 2.33. The Hall–Kier alpha value is -0.820. The average Bonchev–Trinajstić information content (AvgIpc) is 2.25. The Kier molecular flexibility index (Phi) is 3.31. The maximum absolute atomic E-state index is 12.2. The predicted octanol–water partition coefficient (Wildman–Crippen LogP) is 1.10. The highest BCUT2D eigenvalue weighted by atomic mass is 35.5. The summed E-state index contributed by atoms with van der Waals surface area (Å²) in [7, 11) is -2.13. The normalized spacial score (nSPS) is 19.3. The molecule has 0 amide bonds. The van der Waals surface area contributed by atoms with E-state index in [1.165, 1.54) is 29.6 Å². The molecule has 7 heteroatoms. The van der Waals surface area contributed by atoms with Gasteiger partial charge in [0.2, 0.25) is 10.0 Å². The first kappa shape index (κ1) is 13.6. The van der Waals surface area contributed by atoms with Gasteiger partial charge in [0.15, 0.2) is 0 Å². The van der Waals surface area contributed by atoms with Crippen molar-refractivity contribution in [3.8, 4) is 5.75 Å². The smallest absolute Gasteiger partial charge is 0.243 e. The highest BCUT2D eigenvalue weighted by Gasteiger charge is 2.43. The van der Waals surface area contributed by atoms with Gasteiger partial charge in [0, 0.05) is 13.1 Å². The number of sulfonamides is 1. The van der Waals surface area contributed by atoms with Gasteiger partial charge in [-0.15, -0.1) is 0 Å². The minimum absolute atomic E-state index is 0.0962. The molecule has 0 saturated carbocycles. The van der Waals surface area contributed by atoms with E-state index in [1.54, 1.807) is 6.92 Å². The number of hydrogen-bond donors (Lipinski definition) is 1. The lowest BCUT2D eigenvalue weighted by Crippen LogP contribution is -2.61. The second kappa shape index (κ2) is 4.38. The Morgan fingerprint density at radius 3 is 2.50 bits per heavy atom. The largest absolute Gasteiger partial charge is 0.495 e. The molecule has 1 aromatic rings.